The average Bonchev–Trinajstić information content (AvgIpc) is 2.40. The molecule has 0 bridgehead atoms. The van der Waals surface area contributed by atoms with Crippen LogP contribution < -0.4 is 16.9 Å². The number of carbonyl (C=O) groups excluding carboxylic acids is 2. The number of carbonyl (C=O) groups is 2. The third kappa shape index (κ3) is 5.76. The van der Waals surface area contributed by atoms with Gasteiger partial charge in [-0.1, -0.05) is 32.0 Å². The Labute approximate surface area is 111 Å². The van der Waals surface area contributed by atoms with Gasteiger partial charge in [-0.15, -0.1) is 0 Å². The average molecular weight is 276 g/mol. The van der Waals surface area contributed by atoms with Crippen molar-refractivity contribution in [2.45, 2.75) is 26.3 Å². The van der Waals surface area contributed by atoms with Crippen molar-refractivity contribution in [3.63, 3.8) is 0 Å². The van der Waals surface area contributed by atoms with Crippen LogP contribution in [0.4, 0.5) is 0 Å². The molecule has 0 aliphatic heterocycles. The first-order valence-electron chi connectivity index (χ1n) is 5.49. The summed E-state index contributed by atoms with van der Waals surface area (Å²) in [5.41, 5.74) is 5.34. The standard InChI is InChI=1S/C10H20N4O3S/c1-4-6(2)8(9(16)17-3)13-7(15)5-18-10(11)14-12/h6,8H,4-5,12H2,1-3H3,(H2,11,14)(H,13,15). The molecule has 5 N–H and O–H groups in total. The highest BCUT2D eigenvalue weighted by atomic mass is 32.2. The fourth-order valence-corrected chi connectivity index (χ4v) is 1.62. The van der Waals surface area contributed by atoms with Crippen molar-refractivity contribution in [3.05, 3.63) is 0 Å². The van der Waals surface area contributed by atoms with Gasteiger partial charge >= 0.3 is 5.97 Å². The Morgan fingerprint density at radius 1 is 1.50 bits per heavy atom. The summed E-state index contributed by atoms with van der Waals surface area (Å²) in [6, 6.07) is -0.649. The van der Waals surface area contributed by atoms with Crippen molar-refractivity contribution in [3.8, 4) is 0 Å². The molecule has 0 radical (unpaired) electrons. The zero-order chi connectivity index (χ0) is 14.1. The number of methoxy groups -OCH3 is 1. The molecule has 8 heteroatoms. The zero-order valence-electron chi connectivity index (χ0n) is 10.8. The van der Waals surface area contributed by atoms with Gasteiger partial charge in [-0.3, -0.25) is 4.79 Å². The van der Waals surface area contributed by atoms with E-state index in [1.165, 1.54) is 7.11 Å². The van der Waals surface area contributed by atoms with Gasteiger partial charge in [0, 0.05) is 0 Å². The summed E-state index contributed by atoms with van der Waals surface area (Å²) in [4.78, 5) is 23.2. The SMILES string of the molecule is CCC(C)C(NC(=O)CSC(N)=NN)C(=O)OC. The zero-order valence-corrected chi connectivity index (χ0v) is 11.6. The summed E-state index contributed by atoms with van der Waals surface area (Å²) in [7, 11) is 1.29. The number of amides is 1. The molecule has 0 saturated carbocycles. The van der Waals surface area contributed by atoms with E-state index in [2.05, 4.69) is 15.2 Å². The van der Waals surface area contributed by atoms with E-state index in [-0.39, 0.29) is 22.7 Å². The minimum absolute atomic E-state index is 0.00748. The maximum atomic E-state index is 11.6. The molecule has 2 atom stereocenters. The predicted molar refractivity (Wildman–Crippen MR) is 71.7 cm³/mol. The lowest BCUT2D eigenvalue weighted by molar-refractivity contribution is -0.146. The highest BCUT2D eigenvalue weighted by Crippen LogP contribution is 2.09. The lowest BCUT2D eigenvalue weighted by Gasteiger charge is -2.21. The van der Waals surface area contributed by atoms with Crippen LogP contribution in [0, 0.1) is 5.92 Å². The normalized spacial score (nSPS) is 14.7. The molecule has 0 aromatic rings. The van der Waals surface area contributed by atoms with Crippen molar-refractivity contribution in [2.75, 3.05) is 12.9 Å². The van der Waals surface area contributed by atoms with Gasteiger partial charge in [0.15, 0.2) is 5.17 Å². The Morgan fingerprint density at radius 2 is 2.11 bits per heavy atom. The molecule has 7 nitrogen and oxygen atoms in total. The van der Waals surface area contributed by atoms with Crippen LogP contribution >= 0.6 is 11.8 Å². The van der Waals surface area contributed by atoms with Gasteiger partial charge in [-0.25, -0.2) is 4.79 Å². The van der Waals surface area contributed by atoms with Crippen molar-refractivity contribution in [1.29, 1.82) is 0 Å². The molecule has 104 valence electrons. The fourth-order valence-electron chi connectivity index (χ4n) is 1.19. The number of amidine groups is 1. The summed E-state index contributed by atoms with van der Waals surface area (Å²) in [5, 5.41) is 5.95. The first kappa shape index (κ1) is 16.6. The smallest absolute Gasteiger partial charge is 0.328 e. The van der Waals surface area contributed by atoms with E-state index in [1.54, 1.807) is 0 Å². The van der Waals surface area contributed by atoms with Crippen LogP contribution in [0.2, 0.25) is 0 Å². The lowest BCUT2D eigenvalue weighted by Crippen LogP contribution is -2.46. The van der Waals surface area contributed by atoms with E-state index in [9.17, 15) is 9.59 Å². The third-order valence-electron chi connectivity index (χ3n) is 2.46. The largest absolute Gasteiger partial charge is 0.467 e. The summed E-state index contributed by atoms with van der Waals surface area (Å²) >= 11 is 1.00. The quantitative estimate of drug-likeness (QED) is 0.200. The molecule has 0 aliphatic rings. The second kappa shape index (κ2) is 8.62. The molecule has 0 heterocycles. The van der Waals surface area contributed by atoms with Crippen LogP contribution in [0.25, 0.3) is 0 Å². The number of ether oxygens (including phenoxy) is 1. The Morgan fingerprint density at radius 3 is 2.56 bits per heavy atom. The third-order valence-corrected chi connectivity index (χ3v) is 3.27. The summed E-state index contributed by atoms with van der Waals surface area (Å²) < 4.78 is 4.65. The van der Waals surface area contributed by atoms with Crippen molar-refractivity contribution in [2.24, 2.45) is 22.6 Å². The fraction of sp³-hybridized carbons (Fsp3) is 0.700. The number of hydrogen-bond acceptors (Lipinski definition) is 6. The number of nitrogens with zero attached hydrogens (tertiary/aromatic N) is 1. The second-order valence-corrected chi connectivity index (χ2v) is 4.71. The van der Waals surface area contributed by atoms with E-state index in [1.807, 2.05) is 13.8 Å². The molecule has 0 aromatic heterocycles. The Kier molecular flexibility index (Phi) is 7.93. The number of hydrogen-bond donors (Lipinski definition) is 3. The van der Waals surface area contributed by atoms with E-state index in [0.717, 1.165) is 18.2 Å². The van der Waals surface area contributed by atoms with Gasteiger partial charge in [0.05, 0.1) is 12.9 Å². The lowest BCUT2D eigenvalue weighted by atomic mass is 9.99. The minimum atomic E-state index is -0.649. The van der Waals surface area contributed by atoms with E-state index < -0.39 is 12.0 Å². The molecule has 0 aromatic carbocycles. The Bertz CT molecular complexity index is 322. The Balaban J connectivity index is 4.40. The predicted octanol–water partition coefficient (Wildman–Crippen LogP) is -0.388. The molecule has 2 unspecified atom stereocenters. The second-order valence-electron chi connectivity index (χ2n) is 3.71. The Hall–Kier alpha value is -1.44. The molecule has 0 fully saturated rings. The van der Waals surface area contributed by atoms with Crippen LogP contribution in [0.5, 0.6) is 0 Å². The van der Waals surface area contributed by atoms with Gasteiger partial charge in [0.1, 0.15) is 6.04 Å². The molecular weight excluding hydrogens is 256 g/mol. The van der Waals surface area contributed by atoms with E-state index in [0.29, 0.717) is 0 Å². The molecule has 0 spiro atoms. The summed E-state index contributed by atoms with van der Waals surface area (Å²) in [6.45, 7) is 3.80. The molecular formula is C10H20N4O3S. The molecule has 0 aliphatic carbocycles. The van der Waals surface area contributed by atoms with Crippen LogP contribution in [0.1, 0.15) is 20.3 Å². The van der Waals surface area contributed by atoms with E-state index >= 15 is 0 Å². The van der Waals surface area contributed by atoms with Gasteiger partial charge in [0.2, 0.25) is 5.91 Å². The molecule has 1 amide bonds. The number of nitrogens with two attached hydrogens (primary N) is 2. The van der Waals surface area contributed by atoms with Crippen LogP contribution in [-0.4, -0.2) is 35.9 Å². The van der Waals surface area contributed by atoms with Gasteiger partial charge in [-0.2, -0.15) is 5.10 Å². The van der Waals surface area contributed by atoms with Crippen molar-refractivity contribution >= 4 is 28.8 Å². The van der Waals surface area contributed by atoms with Crippen molar-refractivity contribution in [1.82, 2.24) is 5.32 Å². The number of rotatable bonds is 6. The topological polar surface area (TPSA) is 120 Å². The number of hydrazone groups is 1. The van der Waals surface area contributed by atoms with Crippen LogP contribution in [0.3, 0.4) is 0 Å². The van der Waals surface area contributed by atoms with Crippen molar-refractivity contribution < 1.29 is 14.3 Å². The first-order chi connectivity index (χ1) is 8.46. The van der Waals surface area contributed by atoms with Gasteiger partial charge in [-0.05, 0) is 5.92 Å². The van der Waals surface area contributed by atoms with Gasteiger partial charge in [0.25, 0.3) is 0 Å². The number of nitrogens with one attached hydrogen (secondary N) is 1. The highest BCUT2D eigenvalue weighted by molar-refractivity contribution is 8.14. The number of esters is 1. The minimum Gasteiger partial charge on any atom is -0.467 e. The van der Waals surface area contributed by atoms with Crippen LogP contribution in [0.15, 0.2) is 5.10 Å². The molecule has 18 heavy (non-hydrogen) atoms. The van der Waals surface area contributed by atoms with Gasteiger partial charge < -0.3 is 21.6 Å². The maximum Gasteiger partial charge on any atom is 0.328 e. The summed E-state index contributed by atoms with van der Waals surface area (Å²) in [6.07, 6.45) is 0.750. The number of thioether (sulfide) groups is 1. The first-order valence-corrected chi connectivity index (χ1v) is 6.48. The monoisotopic (exact) mass is 276 g/mol. The molecule has 0 saturated heterocycles. The van der Waals surface area contributed by atoms with Crippen LogP contribution in [-0.2, 0) is 14.3 Å². The van der Waals surface area contributed by atoms with E-state index in [4.69, 9.17) is 11.6 Å². The highest BCUT2D eigenvalue weighted by Gasteiger charge is 2.26. The maximum absolute atomic E-state index is 11.6. The summed E-state index contributed by atoms with van der Waals surface area (Å²) in [5.74, 6) is 4.21. The molecule has 0 rings (SSSR count).